The van der Waals surface area contributed by atoms with Gasteiger partial charge in [0.05, 0.1) is 7.11 Å². The Morgan fingerprint density at radius 3 is 2.56 bits per heavy atom. The molecule has 0 aromatic heterocycles. The van der Waals surface area contributed by atoms with Crippen LogP contribution in [0.2, 0.25) is 0 Å². The summed E-state index contributed by atoms with van der Waals surface area (Å²) in [7, 11) is 5.36. The molecule has 4 nitrogen and oxygen atoms in total. The number of phenolic OH excluding ortho intramolecular Hbond substituents is 1. The van der Waals surface area contributed by atoms with Crippen LogP contribution in [0, 0.1) is 0 Å². The van der Waals surface area contributed by atoms with Crippen molar-refractivity contribution in [3.63, 3.8) is 0 Å². The van der Waals surface area contributed by atoms with Gasteiger partial charge in [0.25, 0.3) is 0 Å². The molecular formula is C12H19NO3. The van der Waals surface area contributed by atoms with Crippen molar-refractivity contribution in [3.8, 4) is 11.5 Å². The van der Waals surface area contributed by atoms with Gasteiger partial charge in [-0.15, -0.1) is 0 Å². The number of aliphatic hydroxyl groups excluding tert-OH is 1. The molecule has 0 heterocycles. The van der Waals surface area contributed by atoms with E-state index in [1.165, 1.54) is 7.11 Å². The standard InChI is InChI=1S/C12H19NO3/c1-13(2)10(7-8-14)9-5-4-6-11(16-3)12(9)15/h4-6,10,14-15H,7-8H2,1-3H3. The van der Waals surface area contributed by atoms with Crippen molar-refractivity contribution >= 4 is 0 Å². The first-order valence-corrected chi connectivity index (χ1v) is 5.25. The van der Waals surface area contributed by atoms with Gasteiger partial charge in [-0.2, -0.15) is 0 Å². The minimum atomic E-state index is -0.0138. The zero-order valence-electron chi connectivity index (χ0n) is 9.97. The van der Waals surface area contributed by atoms with Crippen LogP contribution in [0.25, 0.3) is 0 Å². The van der Waals surface area contributed by atoms with E-state index < -0.39 is 0 Å². The first kappa shape index (κ1) is 12.8. The average molecular weight is 225 g/mol. The second-order valence-corrected chi connectivity index (χ2v) is 3.89. The van der Waals surface area contributed by atoms with Crippen molar-refractivity contribution in [1.82, 2.24) is 4.90 Å². The molecule has 0 radical (unpaired) electrons. The van der Waals surface area contributed by atoms with Gasteiger partial charge >= 0.3 is 0 Å². The number of rotatable bonds is 5. The monoisotopic (exact) mass is 225 g/mol. The minimum Gasteiger partial charge on any atom is -0.504 e. The van der Waals surface area contributed by atoms with Crippen LogP contribution >= 0.6 is 0 Å². The van der Waals surface area contributed by atoms with E-state index in [4.69, 9.17) is 9.84 Å². The van der Waals surface area contributed by atoms with Gasteiger partial charge in [0.2, 0.25) is 0 Å². The van der Waals surface area contributed by atoms with Crippen LogP contribution in [0.1, 0.15) is 18.0 Å². The zero-order chi connectivity index (χ0) is 12.1. The highest BCUT2D eigenvalue weighted by molar-refractivity contribution is 5.46. The van der Waals surface area contributed by atoms with Crippen LogP contribution in [0.4, 0.5) is 0 Å². The molecule has 0 fully saturated rings. The Bertz CT molecular complexity index is 339. The van der Waals surface area contributed by atoms with Gasteiger partial charge in [0.15, 0.2) is 11.5 Å². The number of hydrogen-bond acceptors (Lipinski definition) is 4. The van der Waals surface area contributed by atoms with Gasteiger partial charge in [0, 0.05) is 18.2 Å². The summed E-state index contributed by atoms with van der Waals surface area (Å²) in [6, 6.07) is 5.38. The zero-order valence-corrected chi connectivity index (χ0v) is 9.97. The maximum Gasteiger partial charge on any atom is 0.162 e. The van der Waals surface area contributed by atoms with E-state index >= 15 is 0 Å². The fraction of sp³-hybridized carbons (Fsp3) is 0.500. The Morgan fingerprint density at radius 1 is 1.38 bits per heavy atom. The summed E-state index contributed by atoms with van der Waals surface area (Å²) in [5.74, 6) is 0.611. The van der Waals surface area contributed by atoms with Crippen LogP contribution < -0.4 is 4.74 Å². The Kier molecular flexibility index (Phi) is 4.58. The molecule has 0 saturated heterocycles. The fourth-order valence-corrected chi connectivity index (χ4v) is 1.79. The van der Waals surface area contributed by atoms with E-state index in [1.54, 1.807) is 6.07 Å². The molecule has 1 unspecified atom stereocenters. The SMILES string of the molecule is COc1cccc(C(CCO)N(C)C)c1O. The number of ether oxygens (including phenoxy) is 1. The molecule has 1 rings (SSSR count). The van der Waals surface area contributed by atoms with Gasteiger partial charge in [-0.1, -0.05) is 12.1 Å². The predicted octanol–water partition coefficient (Wildman–Crippen LogP) is 1.39. The molecule has 0 aliphatic rings. The molecule has 0 saturated carbocycles. The lowest BCUT2D eigenvalue weighted by atomic mass is 10.0. The summed E-state index contributed by atoms with van der Waals surface area (Å²) in [5.41, 5.74) is 0.776. The number of phenols is 1. The van der Waals surface area contributed by atoms with Gasteiger partial charge in [0.1, 0.15) is 0 Å². The second-order valence-electron chi connectivity index (χ2n) is 3.89. The molecule has 1 aromatic rings. The summed E-state index contributed by atoms with van der Waals surface area (Å²) < 4.78 is 5.06. The Labute approximate surface area is 96.1 Å². The molecule has 0 bridgehead atoms. The summed E-state index contributed by atoms with van der Waals surface area (Å²) in [4.78, 5) is 1.96. The maximum atomic E-state index is 10.0. The molecule has 90 valence electrons. The van der Waals surface area contributed by atoms with Gasteiger partial charge in [-0.05, 0) is 26.6 Å². The van der Waals surface area contributed by atoms with E-state index in [0.717, 1.165) is 5.56 Å². The van der Waals surface area contributed by atoms with Gasteiger partial charge in [-0.25, -0.2) is 0 Å². The predicted molar refractivity (Wildman–Crippen MR) is 62.8 cm³/mol. The minimum absolute atomic E-state index is 0.0138. The molecule has 1 aromatic carbocycles. The smallest absolute Gasteiger partial charge is 0.162 e. The van der Waals surface area contributed by atoms with Crippen molar-refractivity contribution < 1.29 is 14.9 Å². The van der Waals surface area contributed by atoms with Crippen LogP contribution in [0.3, 0.4) is 0 Å². The first-order chi connectivity index (χ1) is 7.61. The van der Waals surface area contributed by atoms with E-state index in [0.29, 0.717) is 12.2 Å². The molecule has 0 spiro atoms. The number of methoxy groups -OCH3 is 1. The van der Waals surface area contributed by atoms with Crippen molar-refractivity contribution in [3.05, 3.63) is 23.8 Å². The molecule has 4 heteroatoms. The Balaban J connectivity index is 3.08. The van der Waals surface area contributed by atoms with Gasteiger partial charge in [-0.3, -0.25) is 0 Å². The highest BCUT2D eigenvalue weighted by Gasteiger charge is 2.19. The van der Waals surface area contributed by atoms with Gasteiger partial charge < -0.3 is 19.8 Å². The summed E-state index contributed by atoms with van der Waals surface area (Å²) in [5, 5.41) is 19.0. The molecule has 1 atom stereocenters. The molecule has 16 heavy (non-hydrogen) atoms. The number of nitrogens with zero attached hydrogens (tertiary/aromatic N) is 1. The second kappa shape index (κ2) is 5.72. The molecule has 2 N–H and O–H groups in total. The highest BCUT2D eigenvalue weighted by atomic mass is 16.5. The largest absolute Gasteiger partial charge is 0.504 e. The molecule has 0 amide bonds. The van der Waals surface area contributed by atoms with Crippen LogP contribution in [0.15, 0.2) is 18.2 Å². The number of benzene rings is 1. The Morgan fingerprint density at radius 2 is 2.06 bits per heavy atom. The number of hydrogen-bond donors (Lipinski definition) is 2. The first-order valence-electron chi connectivity index (χ1n) is 5.25. The normalized spacial score (nSPS) is 12.8. The molecule has 0 aliphatic heterocycles. The quantitative estimate of drug-likeness (QED) is 0.795. The summed E-state index contributed by atoms with van der Waals surface area (Å²) >= 11 is 0. The van der Waals surface area contributed by atoms with E-state index in [-0.39, 0.29) is 18.4 Å². The van der Waals surface area contributed by atoms with Crippen LogP contribution in [-0.2, 0) is 0 Å². The maximum absolute atomic E-state index is 10.0. The lowest BCUT2D eigenvalue weighted by Crippen LogP contribution is -2.21. The molecule has 0 aliphatic carbocycles. The third kappa shape index (κ3) is 2.65. The van der Waals surface area contributed by atoms with Crippen LogP contribution in [-0.4, -0.2) is 42.9 Å². The number of aliphatic hydroxyl groups is 1. The summed E-state index contributed by atoms with van der Waals surface area (Å²) in [6.07, 6.45) is 0.577. The average Bonchev–Trinajstić information content (AvgIpc) is 2.26. The number of para-hydroxylation sites is 1. The lowest BCUT2D eigenvalue weighted by Gasteiger charge is -2.25. The topological polar surface area (TPSA) is 52.9 Å². The number of aromatic hydroxyl groups is 1. The van der Waals surface area contributed by atoms with Crippen LogP contribution in [0.5, 0.6) is 11.5 Å². The lowest BCUT2D eigenvalue weighted by molar-refractivity contribution is 0.207. The third-order valence-corrected chi connectivity index (χ3v) is 2.64. The Hall–Kier alpha value is -1.26. The van der Waals surface area contributed by atoms with E-state index in [1.807, 2.05) is 31.1 Å². The molecular weight excluding hydrogens is 206 g/mol. The van der Waals surface area contributed by atoms with E-state index in [2.05, 4.69) is 0 Å². The fourth-order valence-electron chi connectivity index (χ4n) is 1.79. The highest BCUT2D eigenvalue weighted by Crippen LogP contribution is 2.36. The van der Waals surface area contributed by atoms with Crippen molar-refractivity contribution in [2.45, 2.75) is 12.5 Å². The third-order valence-electron chi connectivity index (χ3n) is 2.64. The van der Waals surface area contributed by atoms with Crippen molar-refractivity contribution in [2.24, 2.45) is 0 Å². The van der Waals surface area contributed by atoms with Crippen molar-refractivity contribution in [1.29, 1.82) is 0 Å². The van der Waals surface area contributed by atoms with E-state index in [9.17, 15) is 5.11 Å². The van der Waals surface area contributed by atoms with Crippen molar-refractivity contribution in [2.75, 3.05) is 27.8 Å². The summed E-state index contributed by atoms with van der Waals surface area (Å²) in [6.45, 7) is 0.0828.